The summed E-state index contributed by atoms with van der Waals surface area (Å²) in [6.07, 6.45) is 8.02. The molecule has 0 bridgehead atoms. The average molecular weight is 616 g/mol. The summed E-state index contributed by atoms with van der Waals surface area (Å²) in [6, 6.07) is 15.5. The molecule has 244 valence electrons. The van der Waals surface area contributed by atoms with Crippen LogP contribution in [-0.2, 0) is 0 Å². The van der Waals surface area contributed by atoms with Crippen molar-refractivity contribution >= 4 is 23.2 Å². The third-order valence-corrected chi connectivity index (χ3v) is 10.2. The minimum Gasteiger partial charge on any atom is -0.355 e. The predicted octanol–water partition coefficient (Wildman–Crippen LogP) is 3.92. The van der Waals surface area contributed by atoms with Crippen LogP contribution in [0.25, 0.3) is 0 Å². The molecule has 4 heterocycles. The van der Waals surface area contributed by atoms with E-state index in [1.807, 2.05) is 58.3 Å². The van der Waals surface area contributed by atoms with Gasteiger partial charge in [0.25, 0.3) is 11.8 Å². The van der Waals surface area contributed by atoms with Crippen molar-refractivity contribution < 1.29 is 9.59 Å². The lowest BCUT2D eigenvalue weighted by atomic mass is 10.0. The van der Waals surface area contributed by atoms with E-state index < -0.39 is 0 Å². The number of benzene rings is 2. The van der Waals surface area contributed by atoms with Gasteiger partial charge in [0, 0.05) is 89.8 Å². The molecule has 4 fully saturated rings. The number of anilines is 2. The Balaban J connectivity index is 1.06. The van der Waals surface area contributed by atoms with E-state index in [-0.39, 0.29) is 11.8 Å². The minimum absolute atomic E-state index is 0.0328. The molecule has 4 aliphatic heterocycles. The second-order valence-corrected chi connectivity index (χ2v) is 13.3. The molecule has 45 heavy (non-hydrogen) atoms. The molecule has 2 aromatic carbocycles. The number of likely N-dealkylation sites (tertiary alicyclic amines) is 2. The maximum Gasteiger partial charge on any atom is 0.256 e. The third kappa shape index (κ3) is 8.85. The summed E-state index contributed by atoms with van der Waals surface area (Å²) in [5.74, 6) is 0.0774. The van der Waals surface area contributed by atoms with Gasteiger partial charge < -0.3 is 24.9 Å². The lowest BCUT2D eigenvalue weighted by molar-refractivity contribution is 0.0609. The first-order chi connectivity index (χ1) is 22.1. The molecule has 9 nitrogen and oxygen atoms in total. The van der Waals surface area contributed by atoms with Gasteiger partial charge in [0.05, 0.1) is 11.3 Å². The molecule has 1 N–H and O–H groups in total. The zero-order chi connectivity index (χ0) is 30.8. The molecule has 0 atom stereocenters. The van der Waals surface area contributed by atoms with Crippen molar-refractivity contribution in [1.82, 2.24) is 29.4 Å². The van der Waals surface area contributed by atoms with Gasteiger partial charge in [-0.1, -0.05) is 31.0 Å². The van der Waals surface area contributed by atoms with E-state index in [0.29, 0.717) is 16.8 Å². The number of rotatable bonds is 10. The topological polar surface area (TPSA) is 65.6 Å². The van der Waals surface area contributed by atoms with Crippen molar-refractivity contribution in [2.75, 3.05) is 110 Å². The normalized spacial score (nSPS) is 21.2. The minimum atomic E-state index is 0.0328. The first kappa shape index (κ1) is 32.0. The number of amides is 2. The Bertz CT molecular complexity index is 1230. The molecule has 0 aliphatic carbocycles. The number of carbonyl (C=O) groups excluding carboxylic acids is 2. The van der Waals surface area contributed by atoms with Gasteiger partial charge in [-0.2, -0.15) is 0 Å². The van der Waals surface area contributed by atoms with E-state index in [0.717, 1.165) is 84.2 Å². The maximum absolute atomic E-state index is 13.9. The summed E-state index contributed by atoms with van der Waals surface area (Å²) in [4.78, 5) is 41.7. The number of piperidine rings is 2. The fourth-order valence-corrected chi connectivity index (χ4v) is 7.28. The number of hydrogen-bond acceptors (Lipinski definition) is 7. The molecule has 2 amide bonds. The molecule has 4 aliphatic rings. The van der Waals surface area contributed by atoms with Gasteiger partial charge in [-0.15, -0.1) is 0 Å². The lowest BCUT2D eigenvalue weighted by Crippen LogP contribution is -2.50. The Morgan fingerprint density at radius 3 is 1.49 bits per heavy atom. The summed E-state index contributed by atoms with van der Waals surface area (Å²) >= 11 is 0. The van der Waals surface area contributed by atoms with Gasteiger partial charge >= 0.3 is 0 Å². The van der Waals surface area contributed by atoms with Crippen LogP contribution in [0.1, 0.15) is 59.2 Å². The summed E-state index contributed by atoms with van der Waals surface area (Å²) in [5.41, 5.74) is 2.86. The van der Waals surface area contributed by atoms with Gasteiger partial charge in [0.15, 0.2) is 0 Å². The van der Waals surface area contributed by atoms with Crippen LogP contribution in [0.2, 0.25) is 0 Å². The zero-order valence-corrected chi connectivity index (χ0v) is 27.2. The van der Waals surface area contributed by atoms with Crippen molar-refractivity contribution in [3.63, 3.8) is 0 Å². The predicted molar refractivity (Wildman–Crippen MR) is 181 cm³/mol. The van der Waals surface area contributed by atoms with E-state index in [2.05, 4.69) is 24.9 Å². The fraction of sp³-hybridized carbons (Fsp3) is 0.611. The highest BCUT2D eigenvalue weighted by molar-refractivity contribution is 6.03. The third-order valence-electron chi connectivity index (χ3n) is 10.2. The number of hydrogen-bond donors (Lipinski definition) is 1. The Morgan fingerprint density at radius 1 is 0.511 bits per heavy atom. The van der Waals surface area contributed by atoms with Crippen LogP contribution in [0.5, 0.6) is 0 Å². The average Bonchev–Trinajstić information content (AvgIpc) is 3.11. The van der Waals surface area contributed by atoms with Gasteiger partial charge in [-0.3, -0.25) is 19.4 Å². The van der Waals surface area contributed by atoms with Crippen LogP contribution in [-0.4, -0.2) is 146 Å². The maximum atomic E-state index is 13.9. The highest BCUT2D eigenvalue weighted by Crippen LogP contribution is 2.26. The van der Waals surface area contributed by atoms with Crippen LogP contribution >= 0.6 is 0 Å². The summed E-state index contributed by atoms with van der Waals surface area (Å²) < 4.78 is 0. The summed E-state index contributed by atoms with van der Waals surface area (Å²) in [6.45, 7) is 15.9. The second kappa shape index (κ2) is 16.0. The Hall–Kier alpha value is -2.98. The van der Waals surface area contributed by atoms with E-state index in [9.17, 15) is 9.59 Å². The van der Waals surface area contributed by atoms with E-state index in [4.69, 9.17) is 0 Å². The Morgan fingerprint density at radius 2 is 0.978 bits per heavy atom. The summed E-state index contributed by atoms with van der Waals surface area (Å²) in [7, 11) is 0. The van der Waals surface area contributed by atoms with Gasteiger partial charge in [-0.05, 0) is 82.2 Å². The molecule has 2 aromatic rings. The fourth-order valence-electron chi connectivity index (χ4n) is 7.28. The summed E-state index contributed by atoms with van der Waals surface area (Å²) in [5, 5.41) is 3.46. The molecule has 6 rings (SSSR count). The lowest BCUT2D eigenvalue weighted by Gasteiger charge is -2.37. The van der Waals surface area contributed by atoms with Crippen LogP contribution in [0.15, 0.2) is 48.5 Å². The van der Waals surface area contributed by atoms with Gasteiger partial charge in [0.1, 0.15) is 0 Å². The number of nitrogens with zero attached hydrogens (tertiary/aromatic N) is 6. The molecule has 4 saturated heterocycles. The molecule has 9 heteroatoms. The molecule has 0 unspecified atom stereocenters. The molecule has 0 saturated carbocycles. The quantitative estimate of drug-likeness (QED) is 0.435. The largest absolute Gasteiger partial charge is 0.355 e. The smallest absolute Gasteiger partial charge is 0.256 e. The number of nitrogens with one attached hydrogen (secondary N) is 1. The highest BCUT2D eigenvalue weighted by atomic mass is 16.2. The van der Waals surface area contributed by atoms with E-state index >= 15 is 0 Å². The van der Waals surface area contributed by atoms with Crippen LogP contribution in [0.4, 0.5) is 11.4 Å². The first-order valence-electron chi connectivity index (χ1n) is 17.6. The van der Waals surface area contributed by atoms with E-state index in [1.165, 1.54) is 64.7 Å². The van der Waals surface area contributed by atoms with Gasteiger partial charge in [0.2, 0.25) is 0 Å². The number of para-hydroxylation sites is 1. The van der Waals surface area contributed by atoms with Crippen molar-refractivity contribution in [3.8, 4) is 0 Å². The van der Waals surface area contributed by atoms with E-state index in [1.54, 1.807) is 0 Å². The van der Waals surface area contributed by atoms with Crippen LogP contribution in [0.3, 0.4) is 0 Å². The van der Waals surface area contributed by atoms with Crippen molar-refractivity contribution in [1.29, 1.82) is 0 Å². The second-order valence-electron chi connectivity index (χ2n) is 13.3. The SMILES string of the molecule is O=C(c1ccc(C(=O)N2CCN(CCN3CCCCC3)CC2)c(Nc2ccccc2)c1)N1CCN(CCN2CCCCC2)CC1. The Labute approximate surface area is 270 Å². The first-order valence-corrected chi connectivity index (χ1v) is 17.6. The standard InChI is InChI=1S/C36H53N7O2/c44-35(42-26-22-40(23-27-42)20-18-38-14-6-2-7-15-38)31-12-13-33(34(30-31)37-32-10-4-1-5-11-32)36(45)43-28-24-41(25-29-43)21-19-39-16-8-3-9-17-39/h1,4-5,10-13,30,37H,2-3,6-9,14-29H2. The number of carbonyl (C=O) groups is 2. The van der Waals surface area contributed by atoms with Crippen LogP contribution < -0.4 is 5.32 Å². The number of piperazine rings is 2. The zero-order valence-electron chi connectivity index (χ0n) is 27.2. The molecule has 0 radical (unpaired) electrons. The molecular formula is C36H53N7O2. The van der Waals surface area contributed by atoms with Crippen molar-refractivity contribution in [2.24, 2.45) is 0 Å². The Kier molecular flexibility index (Phi) is 11.4. The van der Waals surface area contributed by atoms with Gasteiger partial charge in [-0.25, -0.2) is 0 Å². The molecule has 0 aromatic heterocycles. The van der Waals surface area contributed by atoms with Crippen molar-refractivity contribution in [2.45, 2.75) is 38.5 Å². The van der Waals surface area contributed by atoms with Crippen molar-refractivity contribution in [3.05, 3.63) is 59.7 Å². The molecular weight excluding hydrogens is 562 g/mol. The molecule has 0 spiro atoms. The highest BCUT2D eigenvalue weighted by Gasteiger charge is 2.27. The monoisotopic (exact) mass is 615 g/mol. The van der Waals surface area contributed by atoms with Crippen LogP contribution in [0, 0.1) is 0 Å².